The highest BCUT2D eigenvalue weighted by molar-refractivity contribution is 6.28. The zero-order chi connectivity index (χ0) is 14.9. The molecule has 1 heterocycles. The van der Waals surface area contributed by atoms with Crippen molar-refractivity contribution in [3.63, 3.8) is 0 Å². The Kier molecular flexibility index (Phi) is 4.31. The highest BCUT2D eigenvalue weighted by atomic mass is 35.5. The van der Waals surface area contributed by atoms with Gasteiger partial charge in [-0.2, -0.15) is 0 Å². The first-order valence-corrected chi connectivity index (χ1v) is 6.89. The van der Waals surface area contributed by atoms with E-state index >= 15 is 0 Å². The Hall–Kier alpha value is -1.18. The summed E-state index contributed by atoms with van der Waals surface area (Å²) in [4.78, 5) is 13.7. The fraction of sp³-hybridized carbons (Fsp3) is 0.750. The minimum Gasteiger partial charge on any atom is -0.366 e. The van der Waals surface area contributed by atoms with E-state index in [2.05, 4.69) is 4.98 Å². The van der Waals surface area contributed by atoms with E-state index in [1.807, 2.05) is 0 Å². The number of ether oxygens (including phenoxy) is 1. The molecule has 20 heavy (non-hydrogen) atoms. The second kappa shape index (κ2) is 5.67. The van der Waals surface area contributed by atoms with Crippen LogP contribution in [0.3, 0.4) is 0 Å². The molecule has 7 nitrogen and oxygen atoms in total. The van der Waals surface area contributed by atoms with Crippen LogP contribution in [0, 0.1) is 16.0 Å². The van der Waals surface area contributed by atoms with E-state index in [0.29, 0.717) is 12.5 Å². The van der Waals surface area contributed by atoms with Gasteiger partial charge >= 0.3 is 11.1 Å². The van der Waals surface area contributed by atoms with Gasteiger partial charge < -0.3 is 20.0 Å². The van der Waals surface area contributed by atoms with Crippen molar-refractivity contribution in [2.24, 2.45) is 5.92 Å². The van der Waals surface area contributed by atoms with E-state index in [1.54, 1.807) is 13.8 Å². The average molecular weight is 304 g/mol. The third-order valence-corrected chi connectivity index (χ3v) is 3.35. The maximum atomic E-state index is 10.7. The van der Waals surface area contributed by atoms with Crippen LogP contribution in [0.25, 0.3) is 0 Å². The Morgan fingerprint density at radius 2 is 2.35 bits per heavy atom. The molecule has 0 saturated heterocycles. The number of hydrogen-bond acceptors (Lipinski definition) is 5. The second-order valence-corrected chi connectivity index (χ2v) is 5.98. The highest BCUT2D eigenvalue weighted by Crippen LogP contribution is 2.35. The molecule has 1 aliphatic carbocycles. The number of aromatic nitrogens is 2. The summed E-state index contributed by atoms with van der Waals surface area (Å²) in [5.74, 6) is -0.943. The molecule has 0 aliphatic heterocycles. The van der Waals surface area contributed by atoms with E-state index in [1.165, 1.54) is 10.8 Å². The lowest BCUT2D eigenvalue weighted by Gasteiger charge is -2.26. The fourth-order valence-corrected chi connectivity index (χ4v) is 2.31. The molecule has 8 heteroatoms. The Bertz CT molecular complexity index is 493. The standard InChI is InChI=1S/C12H18ClN3O4/c1-12(2,17)20-9(5-8-3-4-8)6-15-7-10(16(18)19)14-11(15)13/h7-9,17H,3-6H2,1-2H3/t9-/m0/s1. The number of nitrogens with zero attached hydrogens (tertiary/aromatic N) is 3. The third kappa shape index (κ3) is 4.43. The number of imidazole rings is 1. The third-order valence-electron chi connectivity index (χ3n) is 3.05. The summed E-state index contributed by atoms with van der Waals surface area (Å²) in [5, 5.41) is 20.5. The molecule has 0 unspecified atom stereocenters. The van der Waals surface area contributed by atoms with Gasteiger partial charge in [-0.15, -0.1) is 0 Å². The Morgan fingerprint density at radius 3 is 2.80 bits per heavy atom. The van der Waals surface area contributed by atoms with Crippen molar-refractivity contribution >= 4 is 17.4 Å². The summed E-state index contributed by atoms with van der Waals surface area (Å²) >= 11 is 5.89. The topological polar surface area (TPSA) is 90.4 Å². The smallest absolute Gasteiger partial charge is 0.366 e. The Labute approximate surface area is 121 Å². The predicted octanol–water partition coefficient (Wildman–Crippen LogP) is 2.36. The largest absolute Gasteiger partial charge is 0.383 e. The Morgan fingerprint density at radius 1 is 1.70 bits per heavy atom. The molecular weight excluding hydrogens is 286 g/mol. The fourth-order valence-electron chi connectivity index (χ4n) is 2.11. The molecule has 1 aromatic heterocycles. The number of nitro groups is 1. The molecule has 0 radical (unpaired) electrons. The van der Waals surface area contributed by atoms with E-state index in [0.717, 1.165) is 19.3 Å². The van der Waals surface area contributed by atoms with Crippen LogP contribution in [0.4, 0.5) is 5.82 Å². The summed E-state index contributed by atoms with van der Waals surface area (Å²) in [6, 6.07) is 0. The molecule has 1 saturated carbocycles. The molecule has 0 bridgehead atoms. The summed E-state index contributed by atoms with van der Waals surface area (Å²) in [7, 11) is 0. The first-order chi connectivity index (χ1) is 9.24. The second-order valence-electron chi connectivity index (χ2n) is 5.64. The first-order valence-electron chi connectivity index (χ1n) is 6.52. The molecule has 2 rings (SSSR count). The molecule has 1 N–H and O–H groups in total. The van der Waals surface area contributed by atoms with Crippen LogP contribution >= 0.6 is 11.6 Å². The van der Waals surface area contributed by atoms with Crippen molar-refractivity contribution in [3.05, 3.63) is 21.6 Å². The van der Waals surface area contributed by atoms with Crippen LogP contribution in [0.15, 0.2) is 6.20 Å². The molecule has 1 aromatic rings. The van der Waals surface area contributed by atoms with Gasteiger partial charge in [-0.3, -0.25) is 4.57 Å². The van der Waals surface area contributed by atoms with Gasteiger partial charge in [0.05, 0.1) is 12.6 Å². The van der Waals surface area contributed by atoms with Crippen molar-refractivity contribution in [3.8, 4) is 0 Å². The minimum absolute atomic E-state index is 0.0526. The summed E-state index contributed by atoms with van der Waals surface area (Å²) < 4.78 is 7.08. The van der Waals surface area contributed by atoms with Gasteiger partial charge in [0.25, 0.3) is 0 Å². The normalized spacial score (nSPS) is 17.2. The minimum atomic E-state index is -1.25. The van der Waals surface area contributed by atoms with Crippen molar-refractivity contribution < 1.29 is 14.8 Å². The highest BCUT2D eigenvalue weighted by Gasteiger charge is 2.30. The van der Waals surface area contributed by atoms with Crippen molar-refractivity contribution in [1.82, 2.24) is 9.55 Å². The van der Waals surface area contributed by atoms with Crippen LogP contribution in [-0.4, -0.2) is 31.5 Å². The van der Waals surface area contributed by atoms with Crippen LogP contribution in [0.5, 0.6) is 0 Å². The summed E-state index contributed by atoms with van der Waals surface area (Å²) in [5.41, 5.74) is 0. The van der Waals surface area contributed by atoms with E-state index in [9.17, 15) is 15.2 Å². The maximum Gasteiger partial charge on any atom is 0.383 e. The van der Waals surface area contributed by atoms with Crippen molar-refractivity contribution in [1.29, 1.82) is 0 Å². The van der Waals surface area contributed by atoms with Crippen molar-refractivity contribution in [2.45, 2.75) is 51.5 Å². The molecule has 1 aliphatic rings. The molecule has 1 atom stereocenters. The lowest BCUT2D eigenvalue weighted by atomic mass is 10.1. The van der Waals surface area contributed by atoms with Crippen LogP contribution in [-0.2, 0) is 11.3 Å². The van der Waals surface area contributed by atoms with Gasteiger partial charge in [0.15, 0.2) is 5.79 Å². The van der Waals surface area contributed by atoms with Gasteiger partial charge in [0, 0.05) is 0 Å². The zero-order valence-corrected chi connectivity index (χ0v) is 12.2. The van der Waals surface area contributed by atoms with Gasteiger partial charge in [-0.05, 0) is 47.7 Å². The SMILES string of the molecule is CC(C)(O)O[C@@H](CC1CC1)Cn1cc([N+](=O)[O-])nc1Cl. The van der Waals surface area contributed by atoms with E-state index in [4.69, 9.17) is 16.3 Å². The van der Waals surface area contributed by atoms with Gasteiger partial charge in [-0.1, -0.05) is 12.8 Å². The maximum absolute atomic E-state index is 10.7. The molecule has 0 amide bonds. The van der Waals surface area contributed by atoms with Crippen LogP contribution in [0.1, 0.15) is 33.1 Å². The van der Waals surface area contributed by atoms with Gasteiger partial charge in [0.2, 0.25) is 0 Å². The number of hydrogen-bond donors (Lipinski definition) is 1. The van der Waals surface area contributed by atoms with Crippen molar-refractivity contribution in [2.75, 3.05) is 0 Å². The lowest BCUT2D eigenvalue weighted by Crippen LogP contribution is -2.33. The summed E-state index contributed by atoms with van der Waals surface area (Å²) in [6.45, 7) is 3.45. The van der Waals surface area contributed by atoms with Gasteiger partial charge in [-0.25, -0.2) is 0 Å². The first kappa shape index (κ1) is 15.2. The van der Waals surface area contributed by atoms with E-state index in [-0.39, 0.29) is 17.2 Å². The Balaban J connectivity index is 2.07. The number of rotatable bonds is 7. The molecule has 112 valence electrons. The average Bonchev–Trinajstić information content (AvgIpc) is 3.01. The number of halogens is 1. The quantitative estimate of drug-likeness (QED) is 0.474. The summed E-state index contributed by atoms with van der Waals surface area (Å²) in [6.07, 6.45) is 4.14. The molecular formula is C12H18ClN3O4. The number of aliphatic hydroxyl groups is 1. The molecule has 0 aromatic carbocycles. The lowest BCUT2D eigenvalue weighted by molar-refractivity contribution is -0.389. The zero-order valence-electron chi connectivity index (χ0n) is 11.5. The molecule has 0 spiro atoms. The van der Waals surface area contributed by atoms with E-state index < -0.39 is 10.7 Å². The van der Waals surface area contributed by atoms with Crippen LogP contribution < -0.4 is 0 Å². The monoisotopic (exact) mass is 303 g/mol. The van der Waals surface area contributed by atoms with Gasteiger partial charge in [0.1, 0.15) is 6.20 Å². The molecule has 1 fully saturated rings. The van der Waals surface area contributed by atoms with Crippen LogP contribution in [0.2, 0.25) is 5.28 Å². The predicted molar refractivity (Wildman–Crippen MR) is 72.4 cm³/mol.